The Morgan fingerprint density at radius 3 is 2.22 bits per heavy atom. The van der Waals surface area contributed by atoms with Crippen LogP contribution >= 0.6 is 0 Å². The van der Waals surface area contributed by atoms with Crippen molar-refractivity contribution in [2.24, 2.45) is 4.99 Å². The van der Waals surface area contributed by atoms with Gasteiger partial charge in [0, 0.05) is 25.7 Å². The Kier molecular flexibility index (Phi) is 7.51. The molecule has 0 aromatic heterocycles. The number of guanidine groups is 1. The molecule has 1 aromatic carbocycles. The zero-order chi connectivity index (χ0) is 17.5. The maximum Gasteiger partial charge on any atom is 0.216 e. The maximum atomic E-state index is 12.1. The predicted molar refractivity (Wildman–Crippen MR) is 95.8 cm³/mol. The minimum atomic E-state index is -3.34. The van der Waals surface area contributed by atoms with Crippen molar-refractivity contribution in [3.05, 3.63) is 35.4 Å². The normalized spacial score (nSPS) is 12.7. The van der Waals surface area contributed by atoms with Gasteiger partial charge in [-0.2, -0.15) is 0 Å². The quantitative estimate of drug-likeness (QED) is 0.520. The smallest absolute Gasteiger partial charge is 0.216 e. The van der Waals surface area contributed by atoms with E-state index in [1.54, 1.807) is 7.05 Å². The maximum absolute atomic E-state index is 12.1. The van der Waals surface area contributed by atoms with Gasteiger partial charge in [-0.15, -0.1) is 0 Å². The molecule has 0 aliphatic rings. The molecule has 1 aromatic rings. The van der Waals surface area contributed by atoms with Crippen molar-refractivity contribution < 1.29 is 8.42 Å². The molecule has 0 amide bonds. The van der Waals surface area contributed by atoms with E-state index >= 15 is 0 Å². The lowest BCUT2D eigenvalue weighted by atomic mass is 10.1. The third kappa shape index (κ3) is 7.47. The van der Waals surface area contributed by atoms with E-state index in [9.17, 15) is 8.42 Å². The second-order valence-corrected chi connectivity index (χ2v) is 7.78. The lowest BCUT2D eigenvalue weighted by Gasteiger charge is -2.16. The third-order valence-corrected chi connectivity index (χ3v) is 4.50. The van der Waals surface area contributed by atoms with Crippen LogP contribution in [0.15, 0.2) is 29.3 Å². The highest BCUT2D eigenvalue weighted by Crippen LogP contribution is 2.12. The highest BCUT2D eigenvalue weighted by atomic mass is 32.2. The van der Waals surface area contributed by atoms with Gasteiger partial charge in [-0.25, -0.2) is 13.1 Å². The zero-order valence-electron chi connectivity index (χ0n) is 14.6. The molecular weight excluding hydrogens is 312 g/mol. The molecular formula is C16H28N4O2S. The van der Waals surface area contributed by atoms with E-state index in [4.69, 9.17) is 0 Å². The van der Waals surface area contributed by atoms with Crippen LogP contribution in [0, 0.1) is 0 Å². The second kappa shape index (κ2) is 8.88. The summed E-state index contributed by atoms with van der Waals surface area (Å²) in [6, 6.07) is 7.68. The van der Waals surface area contributed by atoms with Crippen molar-refractivity contribution in [1.29, 1.82) is 0 Å². The first-order chi connectivity index (χ1) is 10.7. The van der Waals surface area contributed by atoms with Crippen molar-refractivity contribution in [3.63, 3.8) is 0 Å². The summed E-state index contributed by atoms with van der Waals surface area (Å²) >= 11 is 0. The number of hydrogen-bond donors (Lipinski definition) is 3. The lowest BCUT2D eigenvalue weighted by Crippen LogP contribution is -2.40. The van der Waals surface area contributed by atoms with Crippen LogP contribution in [-0.4, -0.2) is 33.5 Å². The largest absolute Gasteiger partial charge is 0.354 e. The number of hydrogen-bond acceptors (Lipinski definition) is 3. The zero-order valence-corrected chi connectivity index (χ0v) is 15.4. The molecule has 0 aliphatic carbocycles. The van der Waals surface area contributed by atoms with Crippen LogP contribution in [0.4, 0.5) is 0 Å². The van der Waals surface area contributed by atoms with Gasteiger partial charge in [-0.3, -0.25) is 4.99 Å². The van der Waals surface area contributed by atoms with Gasteiger partial charge >= 0.3 is 0 Å². The second-order valence-electron chi connectivity index (χ2n) is 6.03. The van der Waals surface area contributed by atoms with Gasteiger partial charge in [0.2, 0.25) is 10.0 Å². The van der Waals surface area contributed by atoms with Crippen molar-refractivity contribution in [3.8, 4) is 0 Å². The molecule has 0 heterocycles. The van der Waals surface area contributed by atoms with E-state index < -0.39 is 10.0 Å². The van der Waals surface area contributed by atoms with E-state index in [2.05, 4.69) is 20.3 Å². The Labute approximate surface area is 139 Å². The molecule has 1 rings (SSSR count). The Balaban J connectivity index is 2.82. The summed E-state index contributed by atoms with van der Waals surface area (Å²) in [5.74, 6) is 0.664. The standard InChI is InChI=1S/C16H28N4O2S/c1-12(2)19-16(17-5)18-10-14-8-6-7-9-15(14)11-23(21,22)20-13(3)4/h6-9,12-13,20H,10-11H2,1-5H3,(H2,17,18,19). The summed E-state index contributed by atoms with van der Waals surface area (Å²) < 4.78 is 26.9. The van der Waals surface area contributed by atoms with Crippen LogP contribution in [0.3, 0.4) is 0 Å². The van der Waals surface area contributed by atoms with Crippen LogP contribution in [-0.2, 0) is 22.3 Å². The number of benzene rings is 1. The van der Waals surface area contributed by atoms with Gasteiger partial charge < -0.3 is 10.6 Å². The highest BCUT2D eigenvalue weighted by Gasteiger charge is 2.15. The fraction of sp³-hybridized carbons (Fsp3) is 0.562. The molecule has 0 saturated carbocycles. The van der Waals surface area contributed by atoms with Crippen LogP contribution < -0.4 is 15.4 Å². The summed E-state index contributed by atoms with van der Waals surface area (Å²) in [5, 5.41) is 6.41. The van der Waals surface area contributed by atoms with Crippen LogP contribution in [0.1, 0.15) is 38.8 Å². The monoisotopic (exact) mass is 340 g/mol. The topological polar surface area (TPSA) is 82.6 Å². The Hall–Kier alpha value is -1.60. The molecule has 0 fully saturated rings. The van der Waals surface area contributed by atoms with Crippen molar-refractivity contribution in [2.45, 2.75) is 52.1 Å². The van der Waals surface area contributed by atoms with Gasteiger partial charge in [0.1, 0.15) is 0 Å². The number of sulfonamides is 1. The van der Waals surface area contributed by atoms with Gasteiger partial charge in [0.25, 0.3) is 0 Å². The first-order valence-electron chi connectivity index (χ1n) is 7.77. The molecule has 7 heteroatoms. The third-order valence-electron chi connectivity index (χ3n) is 2.97. The van der Waals surface area contributed by atoms with Crippen molar-refractivity contribution in [2.75, 3.05) is 7.05 Å². The van der Waals surface area contributed by atoms with Gasteiger partial charge in [0.05, 0.1) is 5.75 Å². The fourth-order valence-electron chi connectivity index (χ4n) is 2.12. The number of nitrogens with zero attached hydrogens (tertiary/aromatic N) is 1. The van der Waals surface area contributed by atoms with Crippen LogP contribution in [0.25, 0.3) is 0 Å². The first kappa shape index (κ1) is 19.4. The molecule has 0 saturated heterocycles. The summed E-state index contributed by atoms with van der Waals surface area (Å²) in [6.07, 6.45) is 0. The van der Waals surface area contributed by atoms with E-state index in [1.807, 2.05) is 52.0 Å². The van der Waals surface area contributed by atoms with E-state index in [-0.39, 0.29) is 17.8 Å². The molecule has 6 nitrogen and oxygen atoms in total. The molecule has 0 aliphatic heterocycles. The first-order valence-corrected chi connectivity index (χ1v) is 9.42. The van der Waals surface area contributed by atoms with Gasteiger partial charge in [0.15, 0.2) is 5.96 Å². The molecule has 0 spiro atoms. The highest BCUT2D eigenvalue weighted by molar-refractivity contribution is 7.88. The van der Waals surface area contributed by atoms with Crippen molar-refractivity contribution in [1.82, 2.24) is 15.4 Å². The summed E-state index contributed by atoms with van der Waals surface area (Å²) in [5.41, 5.74) is 1.72. The average molecular weight is 340 g/mol. The minimum absolute atomic E-state index is 0.0285. The SMILES string of the molecule is CN=C(NCc1ccccc1CS(=O)(=O)NC(C)C)NC(C)C. The van der Waals surface area contributed by atoms with Gasteiger partial charge in [-0.1, -0.05) is 24.3 Å². The molecule has 0 bridgehead atoms. The van der Waals surface area contributed by atoms with E-state index in [0.717, 1.165) is 11.1 Å². The predicted octanol–water partition coefficient (Wildman–Crippen LogP) is 1.59. The number of rotatable bonds is 7. The lowest BCUT2D eigenvalue weighted by molar-refractivity contribution is 0.568. The fourth-order valence-corrected chi connectivity index (χ4v) is 3.62. The molecule has 23 heavy (non-hydrogen) atoms. The Morgan fingerprint density at radius 2 is 1.70 bits per heavy atom. The van der Waals surface area contributed by atoms with E-state index in [1.165, 1.54) is 0 Å². The Morgan fingerprint density at radius 1 is 1.09 bits per heavy atom. The molecule has 0 radical (unpaired) electrons. The average Bonchev–Trinajstić information content (AvgIpc) is 2.42. The minimum Gasteiger partial charge on any atom is -0.354 e. The summed E-state index contributed by atoms with van der Waals surface area (Å²) in [4.78, 5) is 4.15. The molecule has 0 unspecified atom stereocenters. The molecule has 130 valence electrons. The van der Waals surface area contributed by atoms with Crippen molar-refractivity contribution >= 4 is 16.0 Å². The number of aliphatic imine (C=N–C) groups is 1. The van der Waals surface area contributed by atoms with E-state index in [0.29, 0.717) is 12.5 Å². The summed E-state index contributed by atoms with van der Waals surface area (Å²) in [6.45, 7) is 8.20. The molecule has 3 N–H and O–H groups in total. The van der Waals surface area contributed by atoms with Gasteiger partial charge in [-0.05, 0) is 38.8 Å². The van der Waals surface area contributed by atoms with Crippen LogP contribution in [0.5, 0.6) is 0 Å². The Bertz CT molecular complexity index is 625. The molecule has 0 atom stereocenters. The van der Waals surface area contributed by atoms with Crippen LogP contribution in [0.2, 0.25) is 0 Å². The number of nitrogens with one attached hydrogen (secondary N) is 3. The summed E-state index contributed by atoms with van der Waals surface area (Å²) in [7, 11) is -1.63.